The molecular formula is C13H10BrCl2NO2S. The molecule has 3 nitrogen and oxygen atoms in total. The summed E-state index contributed by atoms with van der Waals surface area (Å²) in [5.74, 6) is 0. The Kier molecular flexibility index (Phi) is 4.64. The molecule has 0 fully saturated rings. The molecule has 1 N–H and O–H groups in total. The van der Waals surface area contributed by atoms with E-state index in [9.17, 15) is 8.42 Å². The van der Waals surface area contributed by atoms with Gasteiger partial charge in [0.2, 0.25) is 0 Å². The third-order valence-electron chi connectivity index (χ3n) is 2.64. The van der Waals surface area contributed by atoms with Gasteiger partial charge in [-0.25, -0.2) is 8.42 Å². The fraction of sp³-hybridized carbons (Fsp3) is 0.0769. The minimum Gasteiger partial charge on any atom is -0.279 e. The molecule has 0 aromatic heterocycles. The van der Waals surface area contributed by atoms with E-state index in [4.69, 9.17) is 23.2 Å². The van der Waals surface area contributed by atoms with Gasteiger partial charge in [-0.1, -0.05) is 45.2 Å². The second-order valence-electron chi connectivity index (χ2n) is 4.12. The van der Waals surface area contributed by atoms with Crippen molar-refractivity contribution in [2.45, 2.75) is 11.8 Å². The van der Waals surface area contributed by atoms with Crippen LogP contribution in [0.4, 0.5) is 5.69 Å². The molecule has 0 saturated heterocycles. The molecule has 20 heavy (non-hydrogen) atoms. The van der Waals surface area contributed by atoms with E-state index in [1.807, 2.05) is 13.0 Å². The van der Waals surface area contributed by atoms with Crippen LogP contribution in [0.3, 0.4) is 0 Å². The molecule has 0 bridgehead atoms. The zero-order valence-electron chi connectivity index (χ0n) is 10.3. The topological polar surface area (TPSA) is 46.2 Å². The Morgan fingerprint density at radius 3 is 2.50 bits per heavy atom. The first-order valence-corrected chi connectivity index (χ1v) is 8.57. The fourth-order valence-corrected chi connectivity index (χ4v) is 4.00. The number of aryl methyl sites for hydroxylation is 1. The summed E-state index contributed by atoms with van der Waals surface area (Å²) in [4.78, 5) is -0.0472. The summed E-state index contributed by atoms with van der Waals surface area (Å²) < 4.78 is 28.1. The standard InChI is InChI=1S/C13H10BrCl2NO2S/c1-8-7-9(14)5-6-11(8)17-20(18,19)12-4-2-3-10(15)13(12)16/h2-7,17H,1H3. The Bertz CT molecular complexity index is 763. The van der Waals surface area contributed by atoms with Crippen molar-refractivity contribution >= 4 is 54.8 Å². The molecule has 0 aliphatic rings. The maximum absolute atomic E-state index is 12.3. The maximum Gasteiger partial charge on any atom is 0.263 e. The molecule has 0 heterocycles. The van der Waals surface area contributed by atoms with Crippen LogP contribution in [0.15, 0.2) is 45.8 Å². The van der Waals surface area contributed by atoms with E-state index in [0.29, 0.717) is 5.69 Å². The summed E-state index contributed by atoms with van der Waals surface area (Å²) in [5.41, 5.74) is 1.28. The minimum absolute atomic E-state index is 0.0106. The number of benzene rings is 2. The van der Waals surface area contributed by atoms with E-state index in [0.717, 1.165) is 10.0 Å². The van der Waals surface area contributed by atoms with Crippen LogP contribution in [-0.2, 0) is 10.0 Å². The SMILES string of the molecule is Cc1cc(Br)ccc1NS(=O)(=O)c1cccc(Cl)c1Cl. The van der Waals surface area contributed by atoms with Crippen LogP contribution in [-0.4, -0.2) is 8.42 Å². The Balaban J connectivity index is 2.44. The van der Waals surface area contributed by atoms with Crippen molar-refractivity contribution < 1.29 is 8.42 Å². The smallest absolute Gasteiger partial charge is 0.263 e. The first-order chi connectivity index (χ1) is 9.31. The molecule has 0 saturated carbocycles. The zero-order chi connectivity index (χ0) is 14.9. The van der Waals surface area contributed by atoms with Gasteiger partial charge in [-0.2, -0.15) is 0 Å². The van der Waals surface area contributed by atoms with Gasteiger partial charge in [0, 0.05) is 4.47 Å². The van der Waals surface area contributed by atoms with Crippen LogP contribution in [0.5, 0.6) is 0 Å². The maximum atomic E-state index is 12.3. The lowest BCUT2D eigenvalue weighted by Crippen LogP contribution is -2.14. The lowest BCUT2D eigenvalue weighted by atomic mass is 10.2. The lowest BCUT2D eigenvalue weighted by molar-refractivity contribution is 0.601. The highest BCUT2D eigenvalue weighted by Gasteiger charge is 2.20. The first-order valence-electron chi connectivity index (χ1n) is 5.54. The molecule has 0 aliphatic heterocycles. The average molecular weight is 395 g/mol. The van der Waals surface area contributed by atoms with Gasteiger partial charge in [0.15, 0.2) is 0 Å². The van der Waals surface area contributed by atoms with Crippen LogP contribution >= 0.6 is 39.1 Å². The van der Waals surface area contributed by atoms with Gasteiger partial charge in [0.25, 0.3) is 10.0 Å². The second kappa shape index (κ2) is 5.93. The molecule has 0 radical (unpaired) electrons. The van der Waals surface area contributed by atoms with Crippen LogP contribution in [0.1, 0.15) is 5.56 Å². The quantitative estimate of drug-likeness (QED) is 0.807. The highest BCUT2D eigenvalue weighted by molar-refractivity contribution is 9.10. The molecular weight excluding hydrogens is 385 g/mol. The molecule has 0 amide bonds. The third-order valence-corrected chi connectivity index (χ3v) is 5.47. The number of hydrogen-bond acceptors (Lipinski definition) is 2. The lowest BCUT2D eigenvalue weighted by Gasteiger charge is -2.12. The van der Waals surface area contributed by atoms with E-state index >= 15 is 0 Å². The first kappa shape index (κ1) is 15.6. The number of anilines is 1. The van der Waals surface area contributed by atoms with Gasteiger partial charge in [-0.05, 0) is 42.8 Å². The average Bonchev–Trinajstić information content (AvgIpc) is 2.36. The van der Waals surface area contributed by atoms with Crippen LogP contribution in [0.2, 0.25) is 10.0 Å². The normalized spacial score (nSPS) is 11.4. The van der Waals surface area contributed by atoms with Crippen LogP contribution < -0.4 is 4.72 Å². The number of rotatable bonds is 3. The largest absolute Gasteiger partial charge is 0.279 e. The number of hydrogen-bond donors (Lipinski definition) is 1. The number of sulfonamides is 1. The predicted octanol–water partition coefficient (Wildman–Crippen LogP) is 4.87. The molecule has 0 atom stereocenters. The molecule has 2 aromatic carbocycles. The van der Waals surface area contributed by atoms with Gasteiger partial charge in [0.05, 0.1) is 15.7 Å². The minimum atomic E-state index is -3.78. The molecule has 0 aliphatic carbocycles. The van der Waals surface area contributed by atoms with Crippen LogP contribution in [0.25, 0.3) is 0 Å². The molecule has 2 rings (SSSR count). The molecule has 0 unspecified atom stereocenters. The van der Waals surface area contributed by atoms with Gasteiger partial charge < -0.3 is 0 Å². The van der Waals surface area contributed by atoms with Crippen molar-refractivity contribution in [3.05, 3.63) is 56.5 Å². The van der Waals surface area contributed by atoms with Crippen molar-refractivity contribution in [3.63, 3.8) is 0 Å². The highest BCUT2D eigenvalue weighted by atomic mass is 79.9. The van der Waals surface area contributed by atoms with E-state index in [-0.39, 0.29) is 14.9 Å². The predicted molar refractivity (Wildman–Crippen MR) is 86.1 cm³/mol. The van der Waals surface area contributed by atoms with E-state index in [1.54, 1.807) is 12.1 Å². The molecule has 7 heteroatoms. The van der Waals surface area contributed by atoms with Crippen molar-refractivity contribution in [3.8, 4) is 0 Å². The van der Waals surface area contributed by atoms with E-state index < -0.39 is 10.0 Å². The summed E-state index contributed by atoms with van der Waals surface area (Å²) in [6.07, 6.45) is 0. The van der Waals surface area contributed by atoms with E-state index in [2.05, 4.69) is 20.7 Å². The van der Waals surface area contributed by atoms with Gasteiger partial charge in [-0.15, -0.1) is 0 Å². The summed E-state index contributed by atoms with van der Waals surface area (Å²) in [5, 5.41) is 0.207. The van der Waals surface area contributed by atoms with Gasteiger partial charge in [0.1, 0.15) is 4.90 Å². The third kappa shape index (κ3) is 3.28. The van der Waals surface area contributed by atoms with Crippen molar-refractivity contribution in [1.82, 2.24) is 0 Å². The monoisotopic (exact) mass is 393 g/mol. The van der Waals surface area contributed by atoms with Crippen LogP contribution in [0, 0.1) is 6.92 Å². The van der Waals surface area contributed by atoms with Crippen molar-refractivity contribution in [2.75, 3.05) is 4.72 Å². The Morgan fingerprint density at radius 1 is 1.15 bits per heavy atom. The van der Waals surface area contributed by atoms with Crippen molar-refractivity contribution in [1.29, 1.82) is 0 Å². The molecule has 2 aromatic rings. The fourth-order valence-electron chi connectivity index (χ4n) is 1.63. The Labute approximate surface area is 136 Å². The number of halogens is 3. The van der Waals surface area contributed by atoms with Gasteiger partial charge >= 0.3 is 0 Å². The van der Waals surface area contributed by atoms with E-state index in [1.165, 1.54) is 18.2 Å². The summed E-state index contributed by atoms with van der Waals surface area (Å²) in [6.45, 7) is 1.81. The highest BCUT2D eigenvalue weighted by Crippen LogP contribution is 2.31. The molecule has 106 valence electrons. The Morgan fingerprint density at radius 2 is 1.85 bits per heavy atom. The van der Waals surface area contributed by atoms with Gasteiger partial charge in [-0.3, -0.25) is 4.72 Å². The van der Waals surface area contributed by atoms with Crippen molar-refractivity contribution in [2.24, 2.45) is 0 Å². The second-order valence-corrected chi connectivity index (χ2v) is 7.47. The number of nitrogens with one attached hydrogen (secondary N) is 1. The summed E-state index contributed by atoms with van der Waals surface area (Å²) >= 11 is 15.1. The zero-order valence-corrected chi connectivity index (χ0v) is 14.2. The Hall–Kier alpha value is -0.750. The summed E-state index contributed by atoms with van der Waals surface area (Å²) in [7, 11) is -3.78. The molecule has 0 spiro atoms. The summed E-state index contributed by atoms with van der Waals surface area (Å²) in [6, 6.07) is 9.73.